The van der Waals surface area contributed by atoms with Crippen molar-refractivity contribution in [2.45, 2.75) is 24.7 Å². The van der Waals surface area contributed by atoms with Crippen LogP contribution in [0.2, 0.25) is 5.02 Å². The van der Waals surface area contributed by atoms with E-state index in [1.54, 1.807) is 14.2 Å². The maximum Gasteiger partial charge on any atom is 0.0581 e. The quantitative estimate of drug-likeness (QED) is 0.822. The first-order valence-corrected chi connectivity index (χ1v) is 6.36. The zero-order chi connectivity index (χ0) is 12.3. The molecule has 0 saturated heterocycles. The Balaban J connectivity index is 2.42. The molecule has 0 fully saturated rings. The Labute approximate surface area is 108 Å². The molecule has 0 saturated carbocycles. The number of hydrogen-bond acceptors (Lipinski definition) is 2. The van der Waals surface area contributed by atoms with Gasteiger partial charge in [-0.2, -0.15) is 0 Å². The fourth-order valence-corrected chi connectivity index (χ4v) is 3.13. The summed E-state index contributed by atoms with van der Waals surface area (Å²) < 4.78 is 10.8. The van der Waals surface area contributed by atoms with E-state index in [2.05, 4.69) is 12.1 Å². The van der Waals surface area contributed by atoms with Gasteiger partial charge in [-0.15, -0.1) is 0 Å². The molecule has 17 heavy (non-hydrogen) atoms. The standard InChI is InChI=1S/C14H19ClO2/c1-16-9-14(10-17-2)7-3-4-11-8-12(15)5-6-13(11)14/h5-6,8H,3-4,7,9-10H2,1-2H3. The Morgan fingerprint density at radius 3 is 2.59 bits per heavy atom. The van der Waals surface area contributed by atoms with Crippen LogP contribution in [0.25, 0.3) is 0 Å². The predicted molar refractivity (Wildman–Crippen MR) is 69.8 cm³/mol. The SMILES string of the molecule is COCC1(COC)CCCc2cc(Cl)ccc21. The number of ether oxygens (including phenoxy) is 2. The molecule has 1 aromatic rings. The second-order valence-corrected chi connectivity index (χ2v) is 5.24. The molecule has 0 heterocycles. The number of aryl methyl sites for hydroxylation is 1. The fraction of sp³-hybridized carbons (Fsp3) is 0.571. The predicted octanol–water partition coefficient (Wildman–Crippen LogP) is 3.21. The van der Waals surface area contributed by atoms with Crippen LogP contribution in [-0.4, -0.2) is 27.4 Å². The lowest BCUT2D eigenvalue weighted by Gasteiger charge is -2.38. The van der Waals surface area contributed by atoms with Crippen LogP contribution in [0.3, 0.4) is 0 Å². The lowest BCUT2D eigenvalue weighted by molar-refractivity contribution is 0.0495. The van der Waals surface area contributed by atoms with Crippen molar-refractivity contribution >= 4 is 11.6 Å². The summed E-state index contributed by atoms with van der Waals surface area (Å²) in [6.45, 7) is 1.41. The smallest absolute Gasteiger partial charge is 0.0581 e. The number of benzene rings is 1. The van der Waals surface area contributed by atoms with Crippen molar-refractivity contribution in [2.24, 2.45) is 0 Å². The van der Waals surface area contributed by atoms with Crippen molar-refractivity contribution in [3.8, 4) is 0 Å². The average molecular weight is 255 g/mol. The van der Waals surface area contributed by atoms with Gasteiger partial charge in [0.15, 0.2) is 0 Å². The molecular formula is C14H19ClO2. The summed E-state index contributed by atoms with van der Waals surface area (Å²) in [5.41, 5.74) is 2.69. The third-order valence-corrected chi connectivity index (χ3v) is 3.82. The van der Waals surface area contributed by atoms with E-state index in [0.29, 0.717) is 13.2 Å². The van der Waals surface area contributed by atoms with Gasteiger partial charge in [0.05, 0.1) is 13.2 Å². The third kappa shape index (κ3) is 2.49. The van der Waals surface area contributed by atoms with Crippen LogP contribution in [0.1, 0.15) is 24.0 Å². The van der Waals surface area contributed by atoms with Gasteiger partial charge >= 0.3 is 0 Å². The van der Waals surface area contributed by atoms with E-state index >= 15 is 0 Å². The molecule has 1 aliphatic carbocycles. The van der Waals surface area contributed by atoms with Crippen molar-refractivity contribution in [3.05, 3.63) is 34.3 Å². The van der Waals surface area contributed by atoms with Crippen LogP contribution in [0.5, 0.6) is 0 Å². The molecule has 0 unspecified atom stereocenters. The van der Waals surface area contributed by atoms with Gasteiger partial charge < -0.3 is 9.47 Å². The van der Waals surface area contributed by atoms with Crippen molar-refractivity contribution in [2.75, 3.05) is 27.4 Å². The van der Waals surface area contributed by atoms with Gasteiger partial charge in [0.2, 0.25) is 0 Å². The van der Waals surface area contributed by atoms with Crippen LogP contribution < -0.4 is 0 Å². The first-order chi connectivity index (χ1) is 8.22. The second-order valence-electron chi connectivity index (χ2n) is 4.80. The van der Waals surface area contributed by atoms with E-state index in [1.807, 2.05) is 6.07 Å². The van der Waals surface area contributed by atoms with Crippen molar-refractivity contribution in [1.29, 1.82) is 0 Å². The molecule has 0 N–H and O–H groups in total. The monoisotopic (exact) mass is 254 g/mol. The van der Waals surface area contributed by atoms with E-state index in [-0.39, 0.29) is 5.41 Å². The van der Waals surface area contributed by atoms with Crippen LogP contribution in [-0.2, 0) is 21.3 Å². The fourth-order valence-electron chi connectivity index (χ4n) is 2.93. The molecule has 0 aromatic heterocycles. The van der Waals surface area contributed by atoms with Crippen molar-refractivity contribution < 1.29 is 9.47 Å². The van der Waals surface area contributed by atoms with E-state index < -0.39 is 0 Å². The highest BCUT2D eigenvalue weighted by Crippen LogP contribution is 2.39. The molecule has 0 spiro atoms. The molecule has 1 aromatic carbocycles. The number of halogens is 1. The summed E-state index contributed by atoms with van der Waals surface area (Å²) in [6, 6.07) is 6.18. The summed E-state index contributed by atoms with van der Waals surface area (Å²) in [5, 5.41) is 0.814. The van der Waals surface area contributed by atoms with Gasteiger partial charge in [0.1, 0.15) is 0 Å². The molecule has 0 bridgehead atoms. The number of hydrogen-bond donors (Lipinski definition) is 0. The van der Waals surface area contributed by atoms with E-state index in [0.717, 1.165) is 17.9 Å². The van der Waals surface area contributed by atoms with Crippen LogP contribution >= 0.6 is 11.6 Å². The van der Waals surface area contributed by atoms with E-state index in [9.17, 15) is 0 Å². The largest absolute Gasteiger partial charge is 0.384 e. The zero-order valence-corrected chi connectivity index (χ0v) is 11.2. The molecule has 0 atom stereocenters. The molecule has 2 rings (SSSR count). The Morgan fingerprint density at radius 1 is 1.24 bits per heavy atom. The Bertz CT molecular complexity index is 384. The zero-order valence-electron chi connectivity index (χ0n) is 10.5. The first-order valence-electron chi connectivity index (χ1n) is 5.99. The van der Waals surface area contributed by atoms with E-state index in [4.69, 9.17) is 21.1 Å². The van der Waals surface area contributed by atoms with Crippen LogP contribution in [0.4, 0.5) is 0 Å². The van der Waals surface area contributed by atoms with E-state index in [1.165, 1.54) is 17.5 Å². The summed E-state index contributed by atoms with van der Waals surface area (Å²) >= 11 is 6.06. The first kappa shape index (κ1) is 12.9. The summed E-state index contributed by atoms with van der Waals surface area (Å²) in [7, 11) is 3.50. The van der Waals surface area contributed by atoms with Gasteiger partial charge in [0.25, 0.3) is 0 Å². The normalized spacial score (nSPS) is 17.8. The molecule has 2 nitrogen and oxygen atoms in total. The molecule has 3 heteroatoms. The average Bonchev–Trinajstić information content (AvgIpc) is 2.29. The lowest BCUT2D eigenvalue weighted by Crippen LogP contribution is -2.39. The minimum absolute atomic E-state index is 0.00166. The van der Waals surface area contributed by atoms with Gasteiger partial charge in [-0.3, -0.25) is 0 Å². The highest BCUT2D eigenvalue weighted by molar-refractivity contribution is 6.30. The van der Waals surface area contributed by atoms with Crippen molar-refractivity contribution in [1.82, 2.24) is 0 Å². The Hall–Kier alpha value is -0.570. The maximum absolute atomic E-state index is 6.06. The maximum atomic E-state index is 6.06. The molecule has 94 valence electrons. The van der Waals surface area contributed by atoms with Gasteiger partial charge in [-0.25, -0.2) is 0 Å². The Morgan fingerprint density at radius 2 is 1.94 bits per heavy atom. The third-order valence-electron chi connectivity index (χ3n) is 3.58. The van der Waals surface area contributed by atoms with Crippen LogP contribution in [0, 0.1) is 0 Å². The number of fused-ring (bicyclic) bond motifs is 1. The minimum Gasteiger partial charge on any atom is -0.384 e. The topological polar surface area (TPSA) is 18.5 Å². The van der Waals surface area contributed by atoms with Gasteiger partial charge in [0, 0.05) is 24.7 Å². The second kappa shape index (κ2) is 5.38. The molecule has 0 aliphatic heterocycles. The number of methoxy groups -OCH3 is 2. The highest BCUT2D eigenvalue weighted by Gasteiger charge is 2.36. The Kier molecular flexibility index (Phi) is 4.08. The lowest BCUT2D eigenvalue weighted by atomic mass is 9.71. The molecule has 0 amide bonds. The van der Waals surface area contributed by atoms with Gasteiger partial charge in [-0.05, 0) is 42.5 Å². The minimum atomic E-state index is 0.00166. The highest BCUT2D eigenvalue weighted by atomic mass is 35.5. The summed E-state index contributed by atoms with van der Waals surface area (Å²) in [6.07, 6.45) is 3.38. The summed E-state index contributed by atoms with van der Waals surface area (Å²) in [5.74, 6) is 0. The van der Waals surface area contributed by atoms with Crippen molar-refractivity contribution in [3.63, 3.8) is 0 Å². The summed E-state index contributed by atoms with van der Waals surface area (Å²) in [4.78, 5) is 0. The van der Waals surface area contributed by atoms with Gasteiger partial charge in [-0.1, -0.05) is 17.7 Å². The molecule has 1 aliphatic rings. The molecule has 0 radical (unpaired) electrons. The molecular weight excluding hydrogens is 236 g/mol. The van der Waals surface area contributed by atoms with Crippen LogP contribution in [0.15, 0.2) is 18.2 Å². The number of rotatable bonds is 4.